The van der Waals surface area contributed by atoms with Crippen molar-refractivity contribution < 1.29 is 4.74 Å². The molecule has 2 rings (SSSR count). The highest BCUT2D eigenvalue weighted by atomic mass is 35.5. The molecule has 0 amide bonds. The van der Waals surface area contributed by atoms with Gasteiger partial charge in [0.1, 0.15) is 5.02 Å². The van der Waals surface area contributed by atoms with Gasteiger partial charge in [-0.25, -0.2) is 4.68 Å². The van der Waals surface area contributed by atoms with Crippen LogP contribution in [0.2, 0.25) is 5.02 Å². The predicted molar refractivity (Wildman–Crippen MR) is 66.7 cm³/mol. The molecule has 17 heavy (non-hydrogen) atoms. The standard InChI is InChI=1S/C11H16ClN3O2/c1-3-8-7-15(4-5-17-8)9-6-13-14(2)11(16)10(9)12/h6,8H,3-5,7H2,1-2H3/t8-/m0/s1. The molecule has 0 saturated carbocycles. The van der Waals surface area contributed by atoms with E-state index in [-0.39, 0.29) is 16.7 Å². The van der Waals surface area contributed by atoms with Crippen molar-refractivity contribution in [3.8, 4) is 0 Å². The van der Waals surface area contributed by atoms with Crippen molar-refractivity contribution in [1.29, 1.82) is 0 Å². The SMILES string of the molecule is CC[C@H]1CN(c2cnn(C)c(=O)c2Cl)CCO1. The number of nitrogens with zero attached hydrogens (tertiary/aromatic N) is 3. The van der Waals surface area contributed by atoms with Gasteiger partial charge in [-0.15, -0.1) is 0 Å². The molecule has 0 aromatic carbocycles. The fourth-order valence-corrected chi connectivity index (χ4v) is 2.20. The van der Waals surface area contributed by atoms with Crippen LogP contribution in [0, 0.1) is 0 Å². The van der Waals surface area contributed by atoms with Gasteiger partial charge in [-0.05, 0) is 6.42 Å². The zero-order valence-corrected chi connectivity index (χ0v) is 10.8. The Kier molecular flexibility index (Phi) is 3.69. The van der Waals surface area contributed by atoms with Gasteiger partial charge >= 0.3 is 0 Å². The van der Waals surface area contributed by atoms with E-state index in [1.165, 1.54) is 4.68 Å². The van der Waals surface area contributed by atoms with Crippen LogP contribution >= 0.6 is 11.6 Å². The number of aryl methyl sites for hydroxylation is 1. The first-order chi connectivity index (χ1) is 8.13. The Hall–Kier alpha value is -1.07. The maximum atomic E-state index is 11.7. The van der Waals surface area contributed by atoms with Crippen LogP contribution in [0.5, 0.6) is 0 Å². The molecule has 1 fully saturated rings. The predicted octanol–water partition coefficient (Wildman–Crippen LogP) is 1.05. The van der Waals surface area contributed by atoms with Crippen LogP contribution in [0.15, 0.2) is 11.0 Å². The summed E-state index contributed by atoms with van der Waals surface area (Å²) in [5.41, 5.74) is 0.445. The van der Waals surface area contributed by atoms with E-state index < -0.39 is 0 Å². The second-order valence-corrected chi connectivity index (χ2v) is 4.50. The lowest BCUT2D eigenvalue weighted by molar-refractivity contribution is 0.0384. The van der Waals surface area contributed by atoms with Crippen molar-refractivity contribution in [2.45, 2.75) is 19.4 Å². The second kappa shape index (κ2) is 5.06. The topological polar surface area (TPSA) is 47.4 Å². The summed E-state index contributed by atoms with van der Waals surface area (Å²) in [6.07, 6.45) is 2.79. The Labute approximate surface area is 105 Å². The van der Waals surface area contributed by atoms with Crippen molar-refractivity contribution in [2.75, 3.05) is 24.6 Å². The average Bonchev–Trinajstić information content (AvgIpc) is 2.36. The van der Waals surface area contributed by atoms with Crippen LogP contribution in [-0.4, -0.2) is 35.6 Å². The van der Waals surface area contributed by atoms with Crippen molar-refractivity contribution >= 4 is 17.3 Å². The van der Waals surface area contributed by atoms with E-state index in [1.54, 1.807) is 13.2 Å². The Morgan fingerprint density at radius 1 is 1.65 bits per heavy atom. The maximum absolute atomic E-state index is 11.7. The summed E-state index contributed by atoms with van der Waals surface area (Å²) in [6.45, 7) is 4.23. The van der Waals surface area contributed by atoms with Crippen molar-refractivity contribution in [2.24, 2.45) is 7.05 Å². The first-order valence-corrected chi connectivity index (χ1v) is 6.09. The summed E-state index contributed by atoms with van der Waals surface area (Å²) >= 11 is 6.07. The van der Waals surface area contributed by atoms with E-state index in [1.807, 2.05) is 0 Å². The molecule has 0 bridgehead atoms. The van der Waals surface area contributed by atoms with Gasteiger partial charge in [0.25, 0.3) is 5.56 Å². The molecule has 1 aromatic rings. The van der Waals surface area contributed by atoms with E-state index in [9.17, 15) is 4.79 Å². The summed E-state index contributed by atoms with van der Waals surface area (Å²) in [6, 6.07) is 0. The minimum Gasteiger partial charge on any atom is -0.375 e. The van der Waals surface area contributed by atoms with Gasteiger partial charge in [-0.3, -0.25) is 4.79 Å². The van der Waals surface area contributed by atoms with Crippen LogP contribution in [-0.2, 0) is 11.8 Å². The smallest absolute Gasteiger partial charge is 0.287 e. The lowest BCUT2D eigenvalue weighted by Gasteiger charge is -2.34. The summed E-state index contributed by atoms with van der Waals surface area (Å²) in [5, 5.41) is 4.24. The van der Waals surface area contributed by atoms with Crippen LogP contribution in [0.1, 0.15) is 13.3 Å². The third kappa shape index (κ3) is 2.45. The number of halogens is 1. The number of morpholine rings is 1. The largest absolute Gasteiger partial charge is 0.375 e. The molecular weight excluding hydrogens is 242 g/mol. The monoisotopic (exact) mass is 257 g/mol. The normalized spacial score (nSPS) is 20.6. The minimum absolute atomic E-state index is 0.198. The third-order valence-corrected chi connectivity index (χ3v) is 3.35. The van der Waals surface area contributed by atoms with Gasteiger partial charge < -0.3 is 9.64 Å². The number of hydrogen-bond donors (Lipinski definition) is 0. The molecule has 0 spiro atoms. The van der Waals surface area contributed by atoms with Crippen LogP contribution in [0.25, 0.3) is 0 Å². The third-order valence-electron chi connectivity index (χ3n) is 2.99. The molecule has 1 aromatic heterocycles. The molecule has 1 atom stereocenters. The van der Waals surface area contributed by atoms with Gasteiger partial charge in [0, 0.05) is 20.1 Å². The zero-order valence-electron chi connectivity index (χ0n) is 10.0. The molecule has 6 heteroatoms. The molecule has 0 aliphatic carbocycles. The van der Waals surface area contributed by atoms with Gasteiger partial charge in [0.05, 0.1) is 24.6 Å². The molecule has 1 aliphatic heterocycles. The number of hydrogen-bond acceptors (Lipinski definition) is 4. The van der Waals surface area contributed by atoms with E-state index >= 15 is 0 Å². The summed E-state index contributed by atoms with van der Waals surface area (Å²) in [4.78, 5) is 13.8. The fourth-order valence-electron chi connectivity index (χ4n) is 1.91. The quantitative estimate of drug-likeness (QED) is 0.795. The Morgan fingerprint density at radius 3 is 3.12 bits per heavy atom. The lowest BCUT2D eigenvalue weighted by Crippen LogP contribution is -2.43. The Balaban J connectivity index is 2.28. The first-order valence-electron chi connectivity index (χ1n) is 5.71. The molecular formula is C11H16ClN3O2. The van der Waals surface area contributed by atoms with Crippen molar-refractivity contribution in [1.82, 2.24) is 9.78 Å². The number of rotatable bonds is 2. The van der Waals surface area contributed by atoms with Crippen LogP contribution in [0.4, 0.5) is 5.69 Å². The van der Waals surface area contributed by atoms with E-state index in [0.29, 0.717) is 12.3 Å². The van der Waals surface area contributed by atoms with Crippen LogP contribution in [0.3, 0.4) is 0 Å². The summed E-state index contributed by atoms with van der Waals surface area (Å²) in [5.74, 6) is 0. The highest BCUT2D eigenvalue weighted by Gasteiger charge is 2.22. The van der Waals surface area contributed by atoms with E-state index in [2.05, 4.69) is 16.9 Å². The Bertz CT molecular complexity index is 461. The molecule has 0 radical (unpaired) electrons. The minimum atomic E-state index is -0.260. The van der Waals surface area contributed by atoms with Gasteiger partial charge in [0.15, 0.2) is 0 Å². The first kappa shape index (κ1) is 12.4. The molecule has 0 unspecified atom stereocenters. The van der Waals surface area contributed by atoms with Gasteiger partial charge in [0.2, 0.25) is 0 Å². The summed E-state index contributed by atoms with van der Waals surface area (Å²) < 4.78 is 6.82. The lowest BCUT2D eigenvalue weighted by atomic mass is 10.2. The molecule has 2 heterocycles. The van der Waals surface area contributed by atoms with Crippen LogP contribution < -0.4 is 10.5 Å². The summed E-state index contributed by atoms with van der Waals surface area (Å²) in [7, 11) is 1.59. The molecule has 0 N–H and O–H groups in total. The molecule has 5 nitrogen and oxygen atoms in total. The maximum Gasteiger partial charge on any atom is 0.287 e. The highest BCUT2D eigenvalue weighted by Crippen LogP contribution is 2.23. The van der Waals surface area contributed by atoms with Gasteiger partial charge in [-0.1, -0.05) is 18.5 Å². The number of aromatic nitrogens is 2. The molecule has 1 saturated heterocycles. The molecule has 1 aliphatic rings. The zero-order chi connectivity index (χ0) is 12.4. The fraction of sp³-hybridized carbons (Fsp3) is 0.636. The Morgan fingerprint density at radius 2 is 2.41 bits per heavy atom. The van der Waals surface area contributed by atoms with Crippen molar-refractivity contribution in [3.05, 3.63) is 21.6 Å². The second-order valence-electron chi connectivity index (χ2n) is 4.12. The van der Waals surface area contributed by atoms with E-state index in [4.69, 9.17) is 16.3 Å². The highest BCUT2D eigenvalue weighted by molar-refractivity contribution is 6.33. The van der Waals surface area contributed by atoms with E-state index in [0.717, 1.165) is 19.5 Å². The molecule has 94 valence electrons. The van der Waals surface area contributed by atoms with Gasteiger partial charge in [-0.2, -0.15) is 5.10 Å². The average molecular weight is 258 g/mol. The van der Waals surface area contributed by atoms with Crippen molar-refractivity contribution in [3.63, 3.8) is 0 Å². The number of ether oxygens (including phenoxy) is 1. The number of anilines is 1.